The molecule has 1 aliphatic rings. The highest BCUT2D eigenvalue weighted by Gasteiger charge is 2.32. The summed E-state index contributed by atoms with van der Waals surface area (Å²) in [5.41, 5.74) is 4.31. The molecule has 14 nitrogen and oxygen atoms in total. The molecule has 0 fully saturated rings. The second-order valence-electron chi connectivity index (χ2n) is 9.71. The molecule has 0 radical (unpaired) electrons. The number of carbonyl (C=O) groups excluding carboxylic acids is 1. The molecular formula is C29H19N7O7S2. The lowest BCUT2D eigenvalue weighted by atomic mass is 10.0. The van der Waals surface area contributed by atoms with Gasteiger partial charge in [0.1, 0.15) is 22.2 Å². The van der Waals surface area contributed by atoms with E-state index in [0.717, 1.165) is 18.2 Å². The Morgan fingerprint density at radius 3 is 2.31 bits per heavy atom. The first-order valence-electron chi connectivity index (χ1n) is 12.9. The van der Waals surface area contributed by atoms with E-state index >= 15 is 0 Å². The van der Waals surface area contributed by atoms with E-state index in [4.69, 9.17) is 0 Å². The minimum Gasteiger partial charge on any atom is -0.282 e. The maximum Gasteiger partial charge on any atom is 0.296 e. The van der Waals surface area contributed by atoms with Gasteiger partial charge in [-0.15, -0.1) is 10.2 Å². The van der Waals surface area contributed by atoms with Crippen molar-refractivity contribution >= 4 is 76.3 Å². The summed E-state index contributed by atoms with van der Waals surface area (Å²) in [6.45, 7) is 1.56. The first kappa shape index (κ1) is 29.5. The fourth-order valence-corrected chi connectivity index (χ4v) is 5.99. The van der Waals surface area contributed by atoms with Gasteiger partial charge in [0.15, 0.2) is 11.5 Å². The number of nitriles is 1. The molecule has 224 valence electrons. The highest BCUT2D eigenvalue weighted by molar-refractivity contribution is 7.86. The molecule has 0 bridgehead atoms. The zero-order valence-electron chi connectivity index (χ0n) is 22.9. The third-order valence-electron chi connectivity index (χ3n) is 6.99. The molecule has 1 aromatic heterocycles. The third-order valence-corrected chi connectivity index (χ3v) is 8.74. The lowest BCUT2D eigenvalue weighted by molar-refractivity contribution is 0.0992. The number of nitrogens with one attached hydrogen (secondary N) is 1. The summed E-state index contributed by atoms with van der Waals surface area (Å²) in [5, 5.41) is 22.8. The van der Waals surface area contributed by atoms with Gasteiger partial charge in [-0.3, -0.25) is 23.9 Å². The van der Waals surface area contributed by atoms with Crippen LogP contribution in [0.4, 0.5) is 17.1 Å². The van der Waals surface area contributed by atoms with Gasteiger partial charge in [0.25, 0.3) is 26.1 Å². The van der Waals surface area contributed by atoms with E-state index in [-0.39, 0.29) is 45.1 Å². The number of carbonyl (C=O) groups is 1. The van der Waals surface area contributed by atoms with Crippen molar-refractivity contribution in [2.24, 2.45) is 15.3 Å². The van der Waals surface area contributed by atoms with Gasteiger partial charge in [0.05, 0.1) is 27.3 Å². The summed E-state index contributed by atoms with van der Waals surface area (Å²) in [4.78, 5) is 17.1. The molecule has 0 amide bonds. The number of benzene rings is 4. The number of hydrogen-bond acceptors (Lipinski definition) is 11. The minimum absolute atomic E-state index is 0.0909. The fraction of sp³-hybridized carbons (Fsp3) is 0.0345. The number of imidazole rings is 1. The second kappa shape index (κ2) is 10.8. The Morgan fingerprint density at radius 2 is 1.58 bits per heavy atom. The van der Waals surface area contributed by atoms with E-state index in [1.807, 2.05) is 0 Å². The summed E-state index contributed by atoms with van der Waals surface area (Å²) in [5.74, 6) is -0.359. The SMILES string of the molecule is CC1=C(C#N)c2nc3ccccc3n2C(=O)/C1=N/Nc1ccc(/N=N/c2ccccc2S(=O)(=O)O)c2ccc(S(=O)(=O)O)cc12. The molecule has 5 aromatic rings. The van der Waals surface area contributed by atoms with E-state index in [0.29, 0.717) is 16.4 Å². The van der Waals surface area contributed by atoms with E-state index < -0.39 is 35.9 Å². The molecule has 16 heteroatoms. The molecule has 2 heterocycles. The van der Waals surface area contributed by atoms with E-state index in [9.17, 15) is 36.0 Å². The Balaban J connectivity index is 1.47. The maximum atomic E-state index is 13.6. The number of anilines is 1. The largest absolute Gasteiger partial charge is 0.296 e. The van der Waals surface area contributed by atoms with Gasteiger partial charge < -0.3 is 0 Å². The first-order valence-corrected chi connectivity index (χ1v) is 15.8. The van der Waals surface area contributed by atoms with Gasteiger partial charge >= 0.3 is 0 Å². The normalized spacial score (nSPS) is 14.8. The lowest BCUT2D eigenvalue weighted by Gasteiger charge is -2.17. The van der Waals surface area contributed by atoms with Crippen molar-refractivity contribution in [3.63, 3.8) is 0 Å². The number of hydrogen-bond donors (Lipinski definition) is 3. The van der Waals surface area contributed by atoms with Crippen LogP contribution in [0.25, 0.3) is 27.4 Å². The number of hydrazone groups is 1. The standard InChI is InChI=1S/C29H19N7O7S2/c1-16-20(15-30)28-31-23-6-2-4-8-25(23)36(28)29(37)27(16)35-33-22-13-12-21(18-11-10-17(14-19(18)22)44(38,39)40)32-34-24-7-3-5-9-26(24)45(41,42)43/h2-14,33H,1H3,(H,38,39,40)(H,41,42,43)/b34-32+,35-27+. The molecule has 0 spiro atoms. The fourth-order valence-electron chi connectivity index (χ4n) is 4.86. The van der Waals surface area contributed by atoms with Crippen molar-refractivity contribution in [1.82, 2.24) is 9.55 Å². The van der Waals surface area contributed by atoms with Crippen molar-refractivity contribution in [3.05, 3.63) is 90.3 Å². The van der Waals surface area contributed by atoms with E-state index in [1.54, 1.807) is 31.2 Å². The molecule has 1 aliphatic heterocycles. The van der Waals surface area contributed by atoms with Gasteiger partial charge in [-0.05, 0) is 55.5 Å². The summed E-state index contributed by atoms with van der Waals surface area (Å²) < 4.78 is 68.0. The Kier molecular flexibility index (Phi) is 7.10. The molecule has 6 rings (SSSR count). The third kappa shape index (κ3) is 5.25. The van der Waals surface area contributed by atoms with Crippen molar-refractivity contribution < 1.29 is 30.7 Å². The minimum atomic E-state index is -4.63. The van der Waals surface area contributed by atoms with Crippen molar-refractivity contribution in [2.75, 3.05) is 5.43 Å². The molecule has 0 aliphatic carbocycles. The Hall–Kier alpha value is -5.60. The molecule has 4 aromatic carbocycles. The van der Waals surface area contributed by atoms with Crippen LogP contribution in [0.5, 0.6) is 0 Å². The van der Waals surface area contributed by atoms with Gasteiger partial charge in [-0.25, -0.2) is 4.98 Å². The van der Waals surface area contributed by atoms with Crippen LogP contribution in [-0.4, -0.2) is 47.1 Å². The summed E-state index contributed by atoms with van der Waals surface area (Å²) in [6, 6.07) is 21.0. The number of nitrogens with zero attached hydrogens (tertiary/aromatic N) is 6. The molecule has 0 saturated heterocycles. The van der Waals surface area contributed by atoms with Crippen LogP contribution < -0.4 is 5.43 Å². The van der Waals surface area contributed by atoms with Crippen LogP contribution >= 0.6 is 0 Å². The molecule has 0 atom stereocenters. The van der Waals surface area contributed by atoms with Crippen LogP contribution in [0.1, 0.15) is 17.5 Å². The van der Waals surface area contributed by atoms with Gasteiger partial charge in [0.2, 0.25) is 0 Å². The van der Waals surface area contributed by atoms with Crippen LogP contribution in [0.2, 0.25) is 0 Å². The van der Waals surface area contributed by atoms with Gasteiger partial charge in [0, 0.05) is 16.3 Å². The molecule has 0 unspecified atom stereocenters. The summed E-state index contributed by atoms with van der Waals surface area (Å²) in [6.07, 6.45) is 0. The predicted octanol–water partition coefficient (Wildman–Crippen LogP) is 5.52. The summed E-state index contributed by atoms with van der Waals surface area (Å²) in [7, 11) is -9.23. The topological polar surface area (TPSA) is 217 Å². The Morgan fingerprint density at radius 1 is 0.867 bits per heavy atom. The van der Waals surface area contributed by atoms with Crippen LogP contribution in [-0.2, 0) is 20.2 Å². The van der Waals surface area contributed by atoms with Crippen molar-refractivity contribution in [3.8, 4) is 6.07 Å². The summed E-state index contributed by atoms with van der Waals surface area (Å²) >= 11 is 0. The zero-order valence-corrected chi connectivity index (χ0v) is 24.6. The molecular weight excluding hydrogens is 622 g/mol. The number of allylic oxidation sites excluding steroid dienone is 2. The van der Waals surface area contributed by atoms with Crippen molar-refractivity contribution in [1.29, 1.82) is 5.26 Å². The molecule has 0 saturated carbocycles. The number of aromatic nitrogens is 2. The van der Waals surface area contributed by atoms with E-state index in [1.165, 1.54) is 41.0 Å². The highest BCUT2D eigenvalue weighted by Crippen LogP contribution is 2.36. The van der Waals surface area contributed by atoms with Gasteiger partial charge in [-0.2, -0.15) is 27.2 Å². The smallest absolute Gasteiger partial charge is 0.282 e. The Bertz CT molecular complexity index is 2460. The monoisotopic (exact) mass is 641 g/mol. The van der Waals surface area contributed by atoms with E-state index in [2.05, 4.69) is 31.8 Å². The van der Waals surface area contributed by atoms with Crippen LogP contribution in [0.15, 0.2) is 110 Å². The van der Waals surface area contributed by atoms with Gasteiger partial charge in [-0.1, -0.05) is 30.3 Å². The molecule has 45 heavy (non-hydrogen) atoms. The quantitative estimate of drug-likeness (QED) is 0.120. The Labute approximate surface area is 255 Å². The average molecular weight is 642 g/mol. The first-order chi connectivity index (χ1) is 21.4. The number of azo groups is 1. The number of rotatable bonds is 6. The zero-order chi connectivity index (χ0) is 32.1. The lowest BCUT2D eigenvalue weighted by Crippen LogP contribution is -2.30. The molecule has 3 N–H and O–H groups in total. The number of fused-ring (bicyclic) bond motifs is 4. The van der Waals surface area contributed by atoms with Crippen LogP contribution in [0, 0.1) is 11.3 Å². The number of para-hydroxylation sites is 2. The maximum absolute atomic E-state index is 13.6. The second-order valence-corrected chi connectivity index (χ2v) is 12.5. The highest BCUT2D eigenvalue weighted by atomic mass is 32.2. The van der Waals surface area contributed by atoms with Crippen LogP contribution in [0.3, 0.4) is 0 Å². The predicted molar refractivity (Wildman–Crippen MR) is 164 cm³/mol. The van der Waals surface area contributed by atoms with Crippen molar-refractivity contribution in [2.45, 2.75) is 16.7 Å². The average Bonchev–Trinajstić information content (AvgIpc) is 3.39.